The number of halogens is 1. The quantitative estimate of drug-likeness (QED) is 0.799. The molecule has 2 unspecified atom stereocenters. The molecule has 0 radical (unpaired) electrons. The fourth-order valence-electron chi connectivity index (χ4n) is 2.49. The van der Waals surface area contributed by atoms with Gasteiger partial charge in [0, 0.05) is 5.75 Å². The van der Waals surface area contributed by atoms with Crippen molar-refractivity contribution < 1.29 is 18.7 Å². The lowest BCUT2D eigenvalue weighted by atomic mass is 10.1. The van der Waals surface area contributed by atoms with Gasteiger partial charge in [-0.1, -0.05) is 26.0 Å². The Bertz CT molecular complexity index is 564. The minimum atomic E-state index is -0.663. The van der Waals surface area contributed by atoms with E-state index in [0.29, 0.717) is 5.75 Å². The second-order valence-corrected chi connectivity index (χ2v) is 6.58. The van der Waals surface area contributed by atoms with Crippen molar-refractivity contribution in [2.75, 3.05) is 12.4 Å². The zero-order chi connectivity index (χ0) is 16.3. The highest BCUT2D eigenvalue weighted by Crippen LogP contribution is 2.35. The van der Waals surface area contributed by atoms with Gasteiger partial charge in [0.05, 0.1) is 17.5 Å². The summed E-state index contributed by atoms with van der Waals surface area (Å²) in [5, 5.41) is -0.165. The third-order valence-corrected chi connectivity index (χ3v) is 5.12. The molecule has 1 saturated heterocycles. The lowest BCUT2D eigenvalue weighted by Gasteiger charge is -2.30. The fourth-order valence-corrected chi connectivity index (χ4v) is 3.96. The van der Waals surface area contributed by atoms with Gasteiger partial charge in [-0.15, -0.1) is 11.8 Å². The molecule has 0 saturated carbocycles. The molecule has 6 heteroatoms. The highest BCUT2D eigenvalue weighted by atomic mass is 32.2. The Balaban J connectivity index is 2.34. The van der Waals surface area contributed by atoms with Crippen LogP contribution in [-0.4, -0.2) is 40.6 Å². The number of rotatable bonds is 4. The Hall–Kier alpha value is -1.56. The van der Waals surface area contributed by atoms with Crippen LogP contribution in [0.3, 0.4) is 0 Å². The van der Waals surface area contributed by atoms with E-state index in [1.54, 1.807) is 13.0 Å². The first kappa shape index (κ1) is 16.8. The van der Waals surface area contributed by atoms with Crippen molar-refractivity contribution >= 4 is 23.6 Å². The van der Waals surface area contributed by atoms with Gasteiger partial charge >= 0.3 is 5.97 Å². The molecule has 1 aliphatic heterocycles. The van der Waals surface area contributed by atoms with Crippen molar-refractivity contribution in [3.8, 4) is 0 Å². The molecule has 4 nitrogen and oxygen atoms in total. The van der Waals surface area contributed by atoms with Crippen LogP contribution in [0.25, 0.3) is 0 Å². The van der Waals surface area contributed by atoms with Crippen LogP contribution < -0.4 is 0 Å². The van der Waals surface area contributed by atoms with E-state index in [4.69, 9.17) is 4.74 Å². The topological polar surface area (TPSA) is 46.6 Å². The Morgan fingerprint density at radius 1 is 1.41 bits per heavy atom. The van der Waals surface area contributed by atoms with Crippen molar-refractivity contribution in [1.82, 2.24) is 4.90 Å². The van der Waals surface area contributed by atoms with Crippen LogP contribution in [0.4, 0.5) is 4.39 Å². The monoisotopic (exact) mass is 325 g/mol. The number of hydrogen-bond acceptors (Lipinski definition) is 4. The summed E-state index contributed by atoms with van der Waals surface area (Å²) in [6, 6.07) is 5.18. The summed E-state index contributed by atoms with van der Waals surface area (Å²) < 4.78 is 19.0. The van der Waals surface area contributed by atoms with Crippen LogP contribution in [0.2, 0.25) is 0 Å². The predicted molar refractivity (Wildman–Crippen MR) is 84.1 cm³/mol. The smallest absolute Gasteiger partial charge is 0.329 e. The maximum Gasteiger partial charge on any atom is 0.329 e. The largest absolute Gasteiger partial charge is 0.464 e. The Labute approximate surface area is 134 Å². The van der Waals surface area contributed by atoms with Crippen LogP contribution in [0, 0.1) is 11.7 Å². The maximum atomic E-state index is 13.9. The first-order valence-electron chi connectivity index (χ1n) is 7.32. The lowest BCUT2D eigenvalue weighted by Crippen LogP contribution is -2.48. The molecule has 0 N–H and O–H groups in total. The van der Waals surface area contributed by atoms with E-state index < -0.39 is 23.7 Å². The van der Waals surface area contributed by atoms with Crippen molar-refractivity contribution in [3.63, 3.8) is 0 Å². The summed E-state index contributed by atoms with van der Waals surface area (Å²) in [5.74, 6) is -0.834. The number of carbonyl (C=O) groups is 2. The maximum absolute atomic E-state index is 13.9. The summed E-state index contributed by atoms with van der Waals surface area (Å²) in [4.78, 5) is 26.4. The van der Waals surface area contributed by atoms with Crippen LogP contribution in [-0.2, 0) is 9.53 Å². The van der Waals surface area contributed by atoms with Gasteiger partial charge in [0.1, 0.15) is 11.9 Å². The molecule has 0 aromatic heterocycles. The van der Waals surface area contributed by atoms with E-state index in [1.165, 1.54) is 34.9 Å². The fraction of sp³-hybridized carbons (Fsp3) is 0.500. The normalized spacial score (nSPS) is 21.2. The van der Waals surface area contributed by atoms with Crippen molar-refractivity contribution in [2.45, 2.75) is 32.2 Å². The van der Waals surface area contributed by atoms with Crippen LogP contribution in [0.5, 0.6) is 0 Å². The Kier molecular flexibility index (Phi) is 5.45. The van der Waals surface area contributed by atoms with E-state index in [-0.39, 0.29) is 23.5 Å². The Morgan fingerprint density at radius 2 is 2.09 bits per heavy atom. The summed E-state index contributed by atoms with van der Waals surface area (Å²) in [7, 11) is 0. The standard InChI is InChI=1S/C16H20FNO3S/c1-4-21-16(20)13-9-22-15(10(2)3)18(13)14(19)11-7-5-6-8-12(11)17/h5-8,10,13,15H,4,9H2,1-3H3. The number of esters is 1. The van der Waals surface area contributed by atoms with Gasteiger partial charge < -0.3 is 9.64 Å². The first-order valence-corrected chi connectivity index (χ1v) is 8.37. The summed E-state index contributed by atoms with van der Waals surface area (Å²) in [6.07, 6.45) is 0. The highest BCUT2D eigenvalue weighted by molar-refractivity contribution is 8.00. The van der Waals surface area contributed by atoms with Gasteiger partial charge in [-0.2, -0.15) is 0 Å². The second kappa shape index (κ2) is 7.13. The molecule has 0 bridgehead atoms. The molecule has 0 spiro atoms. The third-order valence-electron chi connectivity index (χ3n) is 3.50. The number of ether oxygens (including phenoxy) is 1. The Morgan fingerprint density at radius 3 is 2.68 bits per heavy atom. The molecule has 22 heavy (non-hydrogen) atoms. The molecule has 0 aliphatic carbocycles. The van der Waals surface area contributed by atoms with Crippen LogP contribution in [0.1, 0.15) is 31.1 Å². The molecule has 1 fully saturated rings. The SMILES string of the molecule is CCOC(=O)C1CSC(C(C)C)N1C(=O)c1ccccc1F. The van der Waals surface area contributed by atoms with Crippen molar-refractivity contribution in [1.29, 1.82) is 0 Å². The zero-order valence-corrected chi connectivity index (χ0v) is 13.7. The zero-order valence-electron chi connectivity index (χ0n) is 12.9. The van der Waals surface area contributed by atoms with Crippen molar-refractivity contribution in [3.05, 3.63) is 35.6 Å². The van der Waals surface area contributed by atoms with Gasteiger partial charge in [0.2, 0.25) is 0 Å². The molecule has 2 rings (SSSR count). The van der Waals surface area contributed by atoms with Crippen LogP contribution >= 0.6 is 11.8 Å². The predicted octanol–water partition coefficient (Wildman–Crippen LogP) is 2.93. The number of nitrogens with zero attached hydrogens (tertiary/aromatic N) is 1. The number of benzene rings is 1. The molecule has 1 aromatic rings. The van der Waals surface area contributed by atoms with Gasteiger partial charge in [-0.25, -0.2) is 9.18 Å². The first-order chi connectivity index (χ1) is 10.5. The molecule has 2 atom stereocenters. The van der Waals surface area contributed by atoms with E-state index in [0.717, 1.165) is 0 Å². The van der Waals surface area contributed by atoms with E-state index >= 15 is 0 Å². The van der Waals surface area contributed by atoms with Crippen molar-refractivity contribution in [2.24, 2.45) is 5.92 Å². The summed E-state index contributed by atoms with van der Waals surface area (Å²) in [5.41, 5.74) is -0.00931. The number of thioether (sulfide) groups is 1. The van der Waals surface area contributed by atoms with Gasteiger partial charge in [0.15, 0.2) is 0 Å². The molecule has 1 heterocycles. The average molecular weight is 325 g/mol. The number of carbonyl (C=O) groups excluding carboxylic acids is 2. The summed E-state index contributed by atoms with van der Waals surface area (Å²) >= 11 is 1.53. The van der Waals surface area contributed by atoms with Crippen LogP contribution in [0.15, 0.2) is 24.3 Å². The van der Waals surface area contributed by atoms with Gasteiger partial charge in [-0.3, -0.25) is 4.79 Å². The lowest BCUT2D eigenvalue weighted by molar-refractivity contribution is -0.147. The molecule has 120 valence electrons. The van der Waals surface area contributed by atoms with E-state index in [1.807, 2.05) is 13.8 Å². The molecule has 1 aromatic carbocycles. The minimum absolute atomic E-state index is 0.00931. The molecule has 1 amide bonds. The van der Waals surface area contributed by atoms with E-state index in [9.17, 15) is 14.0 Å². The number of hydrogen-bond donors (Lipinski definition) is 0. The molecular formula is C16H20FNO3S. The molecular weight excluding hydrogens is 305 g/mol. The second-order valence-electron chi connectivity index (χ2n) is 5.43. The third kappa shape index (κ3) is 3.27. The van der Waals surface area contributed by atoms with E-state index in [2.05, 4.69) is 0 Å². The van der Waals surface area contributed by atoms with Gasteiger partial charge in [-0.05, 0) is 25.0 Å². The van der Waals surface area contributed by atoms with Gasteiger partial charge in [0.25, 0.3) is 5.91 Å². The number of amides is 1. The minimum Gasteiger partial charge on any atom is -0.464 e. The summed E-state index contributed by atoms with van der Waals surface area (Å²) in [6.45, 7) is 5.94. The highest BCUT2D eigenvalue weighted by Gasteiger charge is 2.44. The average Bonchev–Trinajstić information content (AvgIpc) is 2.92. The molecule has 1 aliphatic rings.